The van der Waals surface area contributed by atoms with Crippen molar-refractivity contribution in [3.63, 3.8) is 0 Å². The molecule has 6 rings (SSSR count). The zero-order chi connectivity index (χ0) is 32.9. The Morgan fingerprint density at radius 2 is 1.43 bits per heavy atom. The van der Waals surface area contributed by atoms with Crippen LogP contribution in [-0.4, -0.2) is 73.2 Å². The van der Waals surface area contributed by atoms with Crippen molar-refractivity contribution < 1.29 is 19.0 Å². The number of pyridine rings is 2. The lowest BCUT2D eigenvalue weighted by molar-refractivity contribution is 0.102. The van der Waals surface area contributed by atoms with Crippen LogP contribution >= 0.6 is 23.2 Å². The number of methoxy groups -OCH3 is 3. The third kappa shape index (κ3) is 7.13. The molecule has 1 aliphatic heterocycles. The van der Waals surface area contributed by atoms with E-state index in [-0.39, 0.29) is 5.91 Å². The number of benzene rings is 3. The zero-order valence-corrected chi connectivity index (χ0v) is 27.9. The van der Waals surface area contributed by atoms with Gasteiger partial charge in [-0.2, -0.15) is 0 Å². The Bertz CT molecular complexity index is 1850. The van der Waals surface area contributed by atoms with Gasteiger partial charge in [-0.25, -0.2) is 4.98 Å². The van der Waals surface area contributed by atoms with Crippen molar-refractivity contribution in [2.45, 2.75) is 13.1 Å². The molecule has 1 saturated heterocycles. The standard InChI is InChI=1S/C36H35Cl2N5O4/c1-45-25-9-6-23(7-10-25)21-42-15-17-43(18-16-42)22-24-8-13-31(40-20-24)41-36(44)28-12-11-26(27-5-4-14-39-35(27)28)32-33(37)29(46-2)19-30(47-3)34(32)38/h4-14,19-20H,15-18,21-22H2,1-3H3,(H,40,41,44). The largest absolute Gasteiger partial charge is 0.497 e. The number of aromatic nitrogens is 2. The van der Waals surface area contributed by atoms with Crippen molar-refractivity contribution in [3.8, 4) is 28.4 Å². The van der Waals surface area contributed by atoms with Crippen LogP contribution in [0.2, 0.25) is 10.0 Å². The van der Waals surface area contributed by atoms with Crippen molar-refractivity contribution in [1.29, 1.82) is 0 Å². The number of nitrogens with one attached hydrogen (secondary N) is 1. The van der Waals surface area contributed by atoms with Crippen LogP contribution in [0.1, 0.15) is 21.5 Å². The smallest absolute Gasteiger partial charge is 0.259 e. The normalized spacial score (nSPS) is 13.8. The number of hydrogen-bond donors (Lipinski definition) is 1. The highest BCUT2D eigenvalue weighted by molar-refractivity contribution is 6.41. The molecule has 0 bridgehead atoms. The number of halogens is 2. The van der Waals surface area contributed by atoms with Gasteiger partial charge in [0.25, 0.3) is 5.91 Å². The lowest BCUT2D eigenvalue weighted by atomic mass is 9.97. The van der Waals surface area contributed by atoms with Crippen LogP contribution in [0.3, 0.4) is 0 Å². The number of amides is 1. The zero-order valence-electron chi connectivity index (χ0n) is 26.4. The molecule has 0 radical (unpaired) electrons. The summed E-state index contributed by atoms with van der Waals surface area (Å²) < 4.78 is 16.2. The van der Waals surface area contributed by atoms with E-state index in [1.54, 1.807) is 37.6 Å². The molecular weight excluding hydrogens is 637 g/mol. The molecule has 0 saturated carbocycles. The molecule has 9 nitrogen and oxygen atoms in total. The average molecular weight is 673 g/mol. The van der Waals surface area contributed by atoms with Gasteiger partial charge in [0.1, 0.15) is 23.1 Å². The third-order valence-corrected chi connectivity index (χ3v) is 9.11. The lowest BCUT2D eigenvalue weighted by Crippen LogP contribution is -2.45. The Labute approximate surface area is 284 Å². The second-order valence-electron chi connectivity index (χ2n) is 11.3. The topological polar surface area (TPSA) is 89.1 Å². The summed E-state index contributed by atoms with van der Waals surface area (Å²) >= 11 is 13.5. The quantitative estimate of drug-likeness (QED) is 0.167. The van der Waals surface area contributed by atoms with Gasteiger partial charge < -0.3 is 19.5 Å². The molecule has 0 aliphatic carbocycles. The number of hydrogen-bond acceptors (Lipinski definition) is 8. The summed E-state index contributed by atoms with van der Waals surface area (Å²) in [5, 5.41) is 4.29. The minimum absolute atomic E-state index is 0.325. The maximum atomic E-state index is 13.5. The first kappa shape index (κ1) is 32.5. The van der Waals surface area contributed by atoms with Crippen LogP contribution in [-0.2, 0) is 13.1 Å². The number of carbonyl (C=O) groups is 1. The van der Waals surface area contributed by atoms with E-state index < -0.39 is 0 Å². The van der Waals surface area contributed by atoms with Gasteiger partial charge in [-0.15, -0.1) is 0 Å². The van der Waals surface area contributed by atoms with Crippen molar-refractivity contribution in [3.05, 3.63) is 106 Å². The minimum atomic E-state index is -0.325. The Kier molecular flexibility index (Phi) is 10.1. The molecule has 47 heavy (non-hydrogen) atoms. The Morgan fingerprint density at radius 1 is 0.787 bits per heavy atom. The van der Waals surface area contributed by atoms with Crippen LogP contribution in [0.5, 0.6) is 17.2 Å². The van der Waals surface area contributed by atoms with Gasteiger partial charge in [-0.05, 0) is 47.0 Å². The van der Waals surface area contributed by atoms with Crippen LogP contribution in [0.15, 0.2) is 79.1 Å². The maximum Gasteiger partial charge on any atom is 0.259 e. The second-order valence-corrected chi connectivity index (χ2v) is 12.0. The van der Waals surface area contributed by atoms with E-state index in [0.717, 1.165) is 50.6 Å². The van der Waals surface area contributed by atoms with Crippen LogP contribution in [0.4, 0.5) is 5.82 Å². The lowest BCUT2D eigenvalue weighted by Gasteiger charge is -2.34. The van der Waals surface area contributed by atoms with Crippen LogP contribution in [0.25, 0.3) is 22.0 Å². The van der Waals surface area contributed by atoms with E-state index in [1.807, 2.05) is 36.5 Å². The molecule has 5 aromatic rings. The number of carbonyl (C=O) groups excluding carboxylic acids is 1. The molecule has 0 atom stereocenters. The van der Waals surface area contributed by atoms with E-state index in [0.29, 0.717) is 55.0 Å². The van der Waals surface area contributed by atoms with Crippen molar-refractivity contribution in [2.24, 2.45) is 0 Å². The molecule has 1 aliphatic rings. The van der Waals surface area contributed by atoms with Gasteiger partial charge in [0.05, 0.1) is 42.5 Å². The Balaban J connectivity index is 1.12. The predicted molar refractivity (Wildman–Crippen MR) is 186 cm³/mol. The molecule has 242 valence electrons. The number of rotatable bonds is 10. The highest BCUT2D eigenvalue weighted by Gasteiger charge is 2.23. The molecular formula is C36H35Cl2N5O4. The fraction of sp³-hybridized carbons (Fsp3) is 0.250. The number of fused-ring (bicyclic) bond motifs is 1. The highest BCUT2D eigenvalue weighted by Crippen LogP contribution is 2.47. The number of ether oxygens (including phenoxy) is 3. The first-order valence-electron chi connectivity index (χ1n) is 15.2. The van der Waals surface area contributed by atoms with Gasteiger partial charge in [0, 0.05) is 68.7 Å². The van der Waals surface area contributed by atoms with Crippen LogP contribution < -0.4 is 19.5 Å². The highest BCUT2D eigenvalue weighted by atomic mass is 35.5. The van der Waals surface area contributed by atoms with E-state index >= 15 is 0 Å². The first-order chi connectivity index (χ1) is 22.9. The SMILES string of the molecule is COc1ccc(CN2CCN(Cc3ccc(NC(=O)c4ccc(-c5c(Cl)c(OC)cc(OC)c5Cl)c5cccnc45)nc3)CC2)cc1. The van der Waals surface area contributed by atoms with E-state index in [9.17, 15) is 4.79 Å². The van der Waals surface area contributed by atoms with Gasteiger partial charge in [-0.1, -0.05) is 53.5 Å². The van der Waals surface area contributed by atoms with Crippen molar-refractivity contribution in [1.82, 2.24) is 19.8 Å². The molecule has 11 heteroatoms. The molecule has 2 aromatic heterocycles. The predicted octanol–water partition coefficient (Wildman–Crippen LogP) is 7.20. The molecule has 3 heterocycles. The summed E-state index contributed by atoms with van der Waals surface area (Å²) in [4.78, 5) is 27.5. The van der Waals surface area contributed by atoms with Gasteiger partial charge in [0.15, 0.2) is 0 Å². The minimum Gasteiger partial charge on any atom is -0.497 e. The van der Waals surface area contributed by atoms with Gasteiger partial charge in [-0.3, -0.25) is 19.6 Å². The molecule has 3 aromatic carbocycles. The molecule has 1 N–H and O–H groups in total. The van der Waals surface area contributed by atoms with Gasteiger partial charge in [0.2, 0.25) is 0 Å². The van der Waals surface area contributed by atoms with E-state index in [4.69, 9.17) is 37.4 Å². The van der Waals surface area contributed by atoms with E-state index in [1.165, 1.54) is 19.8 Å². The fourth-order valence-corrected chi connectivity index (χ4v) is 6.53. The monoisotopic (exact) mass is 671 g/mol. The van der Waals surface area contributed by atoms with Crippen molar-refractivity contribution in [2.75, 3.05) is 52.8 Å². The maximum absolute atomic E-state index is 13.5. The number of nitrogens with zero attached hydrogens (tertiary/aromatic N) is 4. The third-order valence-electron chi connectivity index (χ3n) is 8.36. The van der Waals surface area contributed by atoms with Gasteiger partial charge >= 0.3 is 0 Å². The Hall–Kier alpha value is -4.41. The summed E-state index contributed by atoms with van der Waals surface area (Å²) in [5.41, 5.74) is 4.49. The second kappa shape index (κ2) is 14.6. The molecule has 1 amide bonds. The molecule has 0 spiro atoms. The average Bonchev–Trinajstić information content (AvgIpc) is 3.10. The van der Waals surface area contributed by atoms with Crippen molar-refractivity contribution >= 4 is 45.8 Å². The number of piperazine rings is 1. The molecule has 0 unspecified atom stereocenters. The Morgan fingerprint density at radius 3 is 2.02 bits per heavy atom. The van der Waals surface area contributed by atoms with E-state index in [2.05, 4.69) is 37.2 Å². The number of anilines is 1. The first-order valence-corrected chi connectivity index (χ1v) is 16.0. The summed E-state index contributed by atoms with van der Waals surface area (Å²) in [5.74, 6) is 1.85. The molecule has 1 fully saturated rings. The summed E-state index contributed by atoms with van der Waals surface area (Å²) in [6.07, 6.45) is 3.46. The summed E-state index contributed by atoms with van der Waals surface area (Å²) in [6.45, 7) is 5.68. The fourth-order valence-electron chi connectivity index (χ4n) is 5.82. The summed E-state index contributed by atoms with van der Waals surface area (Å²) in [6, 6.07) is 20.9. The van der Waals surface area contributed by atoms with Crippen LogP contribution in [0, 0.1) is 0 Å². The summed E-state index contributed by atoms with van der Waals surface area (Å²) in [7, 11) is 4.74.